The zero-order valence-electron chi connectivity index (χ0n) is 15.0. The van der Waals surface area contributed by atoms with E-state index < -0.39 is 29.7 Å². The Morgan fingerprint density at radius 1 is 1.11 bits per heavy atom. The summed E-state index contributed by atoms with van der Waals surface area (Å²) in [5.41, 5.74) is -0.258. The van der Waals surface area contributed by atoms with Crippen LogP contribution in [0.25, 0.3) is 0 Å². The fourth-order valence-corrected chi connectivity index (χ4v) is 4.42. The minimum Gasteiger partial charge on any atom is -0.488 e. The molecule has 4 atom stereocenters. The summed E-state index contributed by atoms with van der Waals surface area (Å²) in [4.78, 5) is 14.2. The van der Waals surface area contributed by atoms with Crippen LogP contribution in [0.4, 0.5) is 8.78 Å². The number of ether oxygens (including phenoxy) is 1. The van der Waals surface area contributed by atoms with Gasteiger partial charge in [-0.1, -0.05) is 23.7 Å². The summed E-state index contributed by atoms with van der Waals surface area (Å²) in [7, 11) is 0. The maximum absolute atomic E-state index is 14.0. The molecule has 0 aromatic heterocycles. The second-order valence-corrected chi connectivity index (χ2v) is 7.92. The van der Waals surface area contributed by atoms with Gasteiger partial charge in [0, 0.05) is 18.1 Å². The van der Waals surface area contributed by atoms with Gasteiger partial charge in [-0.3, -0.25) is 4.79 Å². The molecule has 2 aliphatic rings. The number of carbonyl (C=O) groups is 1. The molecule has 1 saturated carbocycles. The monoisotopic (exact) mass is 407 g/mol. The number of halogens is 3. The average molecular weight is 408 g/mol. The van der Waals surface area contributed by atoms with Crippen molar-refractivity contribution in [3.63, 3.8) is 0 Å². The summed E-state index contributed by atoms with van der Waals surface area (Å²) in [6, 6.07) is 10.6. The lowest BCUT2D eigenvalue weighted by Gasteiger charge is -2.35. The van der Waals surface area contributed by atoms with Crippen molar-refractivity contribution in [2.75, 3.05) is 13.1 Å². The van der Waals surface area contributed by atoms with Crippen LogP contribution in [-0.2, 0) is 0 Å². The van der Waals surface area contributed by atoms with Crippen molar-refractivity contribution in [3.05, 3.63) is 64.7 Å². The summed E-state index contributed by atoms with van der Waals surface area (Å²) in [5.74, 6) is -1.85. The van der Waals surface area contributed by atoms with Crippen LogP contribution in [0.2, 0.25) is 5.02 Å². The minimum atomic E-state index is -1.12. The van der Waals surface area contributed by atoms with Gasteiger partial charge < -0.3 is 14.7 Å². The van der Waals surface area contributed by atoms with Gasteiger partial charge in [-0.25, -0.2) is 8.78 Å². The molecule has 2 aromatic rings. The topological polar surface area (TPSA) is 49.8 Å². The maximum Gasteiger partial charge on any atom is 0.256 e. The Hall–Kier alpha value is -2.18. The largest absolute Gasteiger partial charge is 0.488 e. The van der Waals surface area contributed by atoms with E-state index in [2.05, 4.69) is 0 Å². The summed E-state index contributed by atoms with van der Waals surface area (Å²) in [6.45, 7) is 0.849. The standard InChI is InChI=1S/C21H20ClF2NO3/c22-14-3-1-4-15(9-14)28-19-8-13-11-25(10-12(13)7-18(19)26)21(27)16-5-2-6-17(23)20(16)24/h1-6,9,12-13,18-19,26H,7-8,10-11H2/t12-,13+,18+,19+/m0/s1. The average Bonchev–Trinajstić information content (AvgIpc) is 3.06. The second-order valence-electron chi connectivity index (χ2n) is 7.48. The van der Waals surface area contributed by atoms with Gasteiger partial charge >= 0.3 is 0 Å². The third kappa shape index (κ3) is 3.71. The molecular weight excluding hydrogens is 388 g/mol. The Labute approximate surface area is 166 Å². The number of aliphatic hydroxyl groups excluding tert-OH is 1. The Balaban J connectivity index is 1.45. The molecule has 0 spiro atoms. The molecule has 1 N–H and O–H groups in total. The van der Waals surface area contributed by atoms with E-state index in [-0.39, 0.29) is 17.4 Å². The van der Waals surface area contributed by atoms with Crippen LogP contribution < -0.4 is 4.74 Å². The van der Waals surface area contributed by atoms with Crippen molar-refractivity contribution in [1.82, 2.24) is 4.90 Å². The van der Waals surface area contributed by atoms with E-state index in [1.165, 1.54) is 12.1 Å². The Morgan fingerprint density at radius 3 is 2.57 bits per heavy atom. The van der Waals surface area contributed by atoms with Crippen LogP contribution in [0, 0.1) is 23.5 Å². The molecule has 28 heavy (non-hydrogen) atoms. The van der Waals surface area contributed by atoms with E-state index in [1.54, 1.807) is 29.2 Å². The van der Waals surface area contributed by atoms with Gasteiger partial charge in [-0.2, -0.15) is 0 Å². The van der Waals surface area contributed by atoms with Gasteiger partial charge in [-0.15, -0.1) is 0 Å². The fourth-order valence-electron chi connectivity index (χ4n) is 4.24. The quantitative estimate of drug-likeness (QED) is 0.839. The fraction of sp³-hybridized carbons (Fsp3) is 0.381. The molecule has 148 valence electrons. The van der Waals surface area contributed by atoms with Gasteiger partial charge in [-0.05, 0) is 55.0 Å². The molecule has 1 heterocycles. The number of fused-ring (bicyclic) bond motifs is 1. The smallest absolute Gasteiger partial charge is 0.256 e. The molecule has 4 nitrogen and oxygen atoms in total. The van der Waals surface area contributed by atoms with Crippen molar-refractivity contribution >= 4 is 17.5 Å². The Bertz CT molecular complexity index is 894. The van der Waals surface area contributed by atoms with Crippen molar-refractivity contribution < 1.29 is 23.4 Å². The van der Waals surface area contributed by atoms with Crippen LogP contribution in [0.15, 0.2) is 42.5 Å². The molecule has 1 saturated heterocycles. The first-order valence-corrected chi connectivity index (χ1v) is 9.63. The number of carbonyl (C=O) groups excluding carboxylic acids is 1. The molecular formula is C21H20ClF2NO3. The highest BCUT2D eigenvalue weighted by molar-refractivity contribution is 6.30. The summed E-state index contributed by atoms with van der Waals surface area (Å²) >= 11 is 5.98. The predicted molar refractivity (Wildman–Crippen MR) is 100 cm³/mol. The zero-order chi connectivity index (χ0) is 19.8. The maximum atomic E-state index is 14.0. The highest BCUT2D eigenvalue weighted by atomic mass is 35.5. The molecule has 7 heteroatoms. The molecule has 2 fully saturated rings. The summed E-state index contributed by atoms with van der Waals surface area (Å²) in [6.07, 6.45) is 0.000805. The lowest BCUT2D eigenvalue weighted by atomic mass is 9.78. The number of amides is 1. The summed E-state index contributed by atoms with van der Waals surface area (Å²) in [5, 5.41) is 11.0. The van der Waals surface area contributed by atoms with Crippen LogP contribution in [0.5, 0.6) is 5.75 Å². The number of hydrogen-bond donors (Lipinski definition) is 1. The first-order chi connectivity index (χ1) is 13.4. The van der Waals surface area contributed by atoms with Crippen molar-refractivity contribution in [3.8, 4) is 5.75 Å². The highest BCUT2D eigenvalue weighted by Gasteiger charge is 2.44. The van der Waals surface area contributed by atoms with Gasteiger partial charge in [0.05, 0.1) is 11.7 Å². The van der Waals surface area contributed by atoms with E-state index >= 15 is 0 Å². The van der Waals surface area contributed by atoms with Gasteiger partial charge in [0.2, 0.25) is 0 Å². The molecule has 0 radical (unpaired) electrons. The van der Waals surface area contributed by atoms with E-state index in [9.17, 15) is 18.7 Å². The first kappa shape index (κ1) is 19.2. The SMILES string of the molecule is O=C(c1cccc(F)c1F)N1C[C@H]2C[C@@H](Oc3cccc(Cl)c3)[C@H](O)C[C@H]2C1. The number of aliphatic hydroxyl groups is 1. The summed E-state index contributed by atoms with van der Waals surface area (Å²) < 4.78 is 33.4. The number of nitrogens with zero attached hydrogens (tertiary/aromatic N) is 1. The lowest BCUT2D eigenvalue weighted by molar-refractivity contribution is -0.0231. The number of rotatable bonds is 3. The van der Waals surface area contributed by atoms with Crippen LogP contribution in [-0.4, -0.2) is 41.2 Å². The third-order valence-electron chi connectivity index (χ3n) is 5.64. The van der Waals surface area contributed by atoms with Gasteiger partial charge in [0.15, 0.2) is 11.6 Å². The normalized spacial score (nSPS) is 26.8. The Morgan fingerprint density at radius 2 is 1.82 bits per heavy atom. The molecule has 1 aliphatic heterocycles. The van der Waals surface area contributed by atoms with Crippen molar-refractivity contribution in [1.29, 1.82) is 0 Å². The lowest BCUT2D eigenvalue weighted by Crippen LogP contribution is -2.42. The molecule has 2 aromatic carbocycles. The molecule has 4 rings (SSSR count). The van der Waals surface area contributed by atoms with Crippen LogP contribution in [0.3, 0.4) is 0 Å². The van der Waals surface area contributed by atoms with Crippen LogP contribution in [0.1, 0.15) is 23.2 Å². The predicted octanol–water partition coefficient (Wildman–Crippen LogP) is 3.91. The number of hydrogen-bond acceptors (Lipinski definition) is 3. The Kier molecular flexibility index (Phi) is 5.25. The van der Waals surface area contributed by atoms with Crippen LogP contribution >= 0.6 is 11.6 Å². The highest BCUT2D eigenvalue weighted by Crippen LogP contribution is 2.38. The minimum absolute atomic E-state index is 0.106. The van der Waals surface area contributed by atoms with E-state index in [4.69, 9.17) is 16.3 Å². The van der Waals surface area contributed by atoms with Crippen molar-refractivity contribution in [2.24, 2.45) is 11.8 Å². The molecule has 1 aliphatic carbocycles. The third-order valence-corrected chi connectivity index (χ3v) is 5.87. The molecule has 0 bridgehead atoms. The van der Waals surface area contributed by atoms with E-state index in [0.29, 0.717) is 36.7 Å². The molecule has 1 amide bonds. The zero-order valence-corrected chi connectivity index (χ0v) is 15.8. The van der Waals surface area contributed by atoms with E-state index in [1.807, 2.05) is 0 Å². The second kappa shape index (κ2) is 7.68. The first-order valence-electron chi connectivity index (χ1n) is 9.26. The van der Waals surface area contributed by atoms with Crippen molar-refractivity contribution in [2.45, 2.75) is 25.0 Å². The van der Waals surface area contributed by atoms with E-state index in [0.717, 1.165) is 6.07 Å². The number of likely N-dealkylation sites (tertiary alicyclic amines) is 1. The van der Waals surface area contributed by atoms with Gasteiger partial charge in [0.25, 0.3) is 5.91 Å². The molecule has 0 unspecified atom stereocenters. The number of benzene rings is 2. The van der Waals surface area contributed by atoms with Gasteiger partial charge in [0.1, 0.15) is 11.9 Å².